The van der Waals surface area contributed by atoms with E-state index in [2.05, 4.69) is 24.0 Å². The van der Waals surface area contributed by atoms with Crippen molar-refractivity contribution in [3.63, 3.8) is 0 Å². The second kappa shape index (κ2) is 35.0. The summed E-state index contributed by atoms with van der Waals surface area (Å²) in [4.78, 5) is 24.2. The minimum Gasteiger partial charge on any atom is -0.465 e. The van der Waals surface area contributed by atoms with Crippen molar-refractivity contribution in [2.75, 3.05) is 24.7 Å². The molecule has 1 aromatic heterocycles. The minimum atomic E-state index is -0.207. The highest BCUT2D eigenvalue weighted by atomic mass is 32.2. The largest absolute Gasteiger partial charge is 0.465 e. The molecule has 0 unspecified atom stereocenters. The van der Waals surface area contributed by atoms with Crippen LogP contribution in [0, 0.1) is 0 Å². The van der Waals surface area contributed by atoms with Crippen LogP contribution >= 0.6 is 34.9 Å². The zero-order valence-corrected chi connectivity index (χ0v) is 32.8. The third-order valence-corrected chi connectivity index (χ3v) is 11.7. The van der Waals surface area contributed by atoms with Gasteiger partial charge < -0.3 is 9.47 Å². The smallest absolute Gasteiger partial charge is 0.316 e. The zero-order chi connectivity index (χ0) is 33.9. The van der Waals surface area contributed by atoms with Gasteiger partial charge in [-0.15, -0.1) is 10.2 Å². The van der Waals surface area contributed by atoms with E-state index in [1.807, 2.05) is 0 Å². The van der Waals surface area contributed by atoms with E-state index in [0.717, 1.165) is 34.4 Å². The van der Waals surface area contributed by atoms with Crippen molar-refractivity contribution in [2.24, 2.45) is 0 Å². The summed E-state index contributed by atoms with van der Waals surface area (Å²) in [6.07, 6.45) is 36.8. The monoisotopic (exact) mass is 714 g/mol. The van der Waals surface area contributed by atoms with E-state index in [1.54, 1.807) is 0 Å². The number of unbranched alkanes of at least 4 members (excludes halogenated alkanes) is 26. The molecule has 1 aromatic rings. The molecule has 0 aromatic carbocycles. The Balaban J connectivity index is 1.88. The van der Waals surface area contributed by atoms with E-state index in [4.69, 9.17) is 9.47 Å². The number of carbonyl (C=O) groups excluding carboxylic acids is 2. The van der Waals surface area contributed by atoms with Gasteiger partial charge in [-0.05, 0) is 12.8 Å². The maximum absolute atomic E-state index is 12.1. The molecule has 0 saturated carbocycles. The van der Waals surface area contributed by atoms with Gasteiger partial charge in [0.15, 0.2) is 8.68 Å². The average molecular weight is 715 g/mol. The molecule has 0 aliphatic rings. The molecule has 0 atom stereocenters. The molecule has 0 amide bonds. The van der Waals surface area contributed by atoms with Gasteiger partial charge in [0.2, 0.25) is 0 Å². The first kappa shape index (κ1) is 44.2. The molecule has 47 heavy (non-hydrogen) atoms. The second-order valence-corrected chi connectivity index (χ2v) is 16.5. The van der Waals surface area contributed by atoms with Crippen LogP contribution in [0.4, 0.5) is 0 Å². The molecule has 0 spiro atoms. The molecule has 0 aliphatic heterocycles. The van der Waals surface area contributed by atoms with E-state index in [0.29, 0.717) is 13.2 Å². The summed E-state index contributed by atoms with van der Waals surface area (Å²) in [7, 11) is 0. The second-order valence-electron chi connectivity index (χ2n) is 13.0. The van der Waals surface area contributed by atoms with Crippen LogP contribution in [0.5, 0.6) is 0 Å². The highest BCUT2D eigenvalue weighted by molar-refractivity contribution is 8.03. The molecule has 1 rings (SSSR count). The van der Waals surface area contributed by atoms with Gasteiger partial charge in [0.05, 0.1) is 24.7 Å². The van der Waals surface area contributed by atoms with Gasteiger partial charge in [0.25, 0.3) is 0 Å². The molecule has 0 N–H and O–H groups in total. The first-order chi connectivity index (χ1) is 23.2. The van der Waals surface area contributed by atoms with Crippen LogP contribution in [0.15, 0.2) is 8.68 Å². The molecule has 6 nitrogen and oxygen atoms in total. The predicted molar refractivity (Wildman–Crippen MR) is 204 cm³/mol. The molecular weight excluding hydrogens is 645 g/mol. The number of carbonyl (C=O) groups is 2. The fraction of sp³-hybridized carbons (Fsp3) is 0.895. The first-order valence-corrected chi connectivity index (χ1v) is 22.3. The number of esters is 2. The van der Waals surface area contributed by atoms with Crippen molar-refractivity contribution < 1.29 is 19.1 Å². The molecule has 9 heteroatoms. The van der Waals surface area contributed by atoms with Gasteiger partial charge in [-0.1, -0.05) is 216 Å². The van der Waals surface area contributed by atoms with Gasteiger partial charge in [-0.2, -0.15) is 0 Å². The summed E-state index contributed by atoms with van der Waals surface area (Å²) in [6.45, 7) is 5.54. The molecule has 0 saturated heterocycles. The third kappa shape index (κ3) is 31.0. The Morgan fingerprint density at radius 3 is 0.979 bits per heavy atom. The van der Waals surface area contributed by atoms with Crippen LogP contribution in [0.25, 0.3) is 0 Å². The maximum atomic E-state index is 12.1. The Morgan fingerprint density at radius 1 is 0.447 bits per heavy atom. The van der Waals surface area contributed by atoms with Gasteiger partial charge in [0, 0.05) is 0 Å². The van der Waals surface area contributed by atoms with Crippen molar-refractivity contribution in [1.82, 2.24) is 10.2 Å². The molecule has 274 valence electrons. The molecule has 0 bridgehead atoms. The van der Waals surface area contributed by atoms with Crippen LogP contribution in [-0.2, 0) is 19.1 Å². The Labute approximate surface area is 301 Å². The Bertz CT molecular complexity index is 775. The number of hydrogen-bond donors (Lipinski definition) is 0. The topological polar surface area (TPSA) is 78.4 Å². The van der Waals surface area contributed by atoms with Crippen molar-refractivity contribution in [3.8, 4) is 0 Å². The summed E-state index contributed by atoms with van der Waals surface area (Å²) in [5, 5.41) is 8.28. The van der Waals surface area contributed by atoms with Crippen molar-refractivity contribution in [3.05, 3.63) is 0 Å². The van der Waals surface area contributed by atoms with Crippen molar-refractivity contribution in [2.45, 2.75) is 202 Å². The van der Waals surface area contributed by atoms with Gasteiger partial charge in [-0.3, -0.25) is 9.59 Å². The molecule has 0 radical (unpaired) electrons. The van der Waals surface area contributed by atoms with Gasteiger partial charge in [0.1, 0.15) is 0 Å². The number of thioether (sulfide) groups is 2. The highest BCUT2D eigenvalue weighted by Gasteiger charge is 2.12. The lowest BCUT2D eigenvalue weighted by Gasteiger charge is -2.05. The molecule has 1 heterocycles. The van der Waals surface area contributed by atoms with Crippen LogP contribution in [0.2, 0.25) is 0 Å². The van der Waals surface area contributed by atoms with E-state index in [9.17, 15) is 9.59 Å². The zero-order valence-electron chi connectivity index (χ0n) is 30.4. The quantitative estimate of drug-likeness (QED) is 0.0386. The molecular formula is C38H70N2O4S3. The standard InChI is InChI=1S/C38H70N2O4S3/c1-3-5-7-9-11-13-15-17-19-21-23-25-27-29-31-43-35(41)33-45-37-39-40-38(47-37)46-34-36(42)44-32-30-28-26-24-22-20-18-16-14-12-10-8-6-4-2/h3-34H2,1-2H3. The van der Waals surface area contributed by atoms with E-state index in [1.165, 1.54) is 189 Å². The van der Waals surface area contributed by atoms with Crippen LogP contribution in [-0.4, -0.2) is 46.9 Å². The lowest BCUT2D eigenvalue weighted by atomic mass is 10.0. The number of ether oxygens (including phenoxy) is 2. The predicted octanol–water partition coefficient (Wildman–Crippen LogP) is 12.8. The number of hydrogen-bond acceptors (Lipinski definition) is 9. The van der Waals surface area contributed by atoms with Gasteiger partial charge >= 0.3 is 11.9 Å². The summed E-state index contributed by atoms with van der Waals surface area (Å²) in [5.41, 5.74) is 0. The summed E-state index contributed by atoms with van der Waals surface area (Å²) in [5.74, 6) is 0.0560. The van der Waals surface area contributed by atoms with Crippen LogP contribution in [0.3, 0.4) is 0 Å². The maximum Gasteiger partial charge on any atom is 0.316 e. The van der Waals surface area contributed by atoms with Crippen molar-refractivity contribution in [1.29, 1.82) is 0 Å². The van der Waals surface area contributed by atoms with Crippen molar-refractivity contribution >= 4 is 46.8 Å². The summed E-state index contributed by atoms with van der Waals surface area (Å²) in [6, 6.07) is 0. The third-order valence-electron chi connectivity index (χ3n) is 8.54. The summed E-state index contributed by atoms with van der Waals surface area (Å²) < 4.78 is 12.2. The minimum absolute atomic E-state index is 0.207. The van der Waals surface area contributed by atoms with E-state index < -0.39 is 0 Å². The first-order valence-electron chi connectivity index (χ1n) is 19.6. The lowest BCUT2D eigenvalue weighted by molar-refractivity contribution is -0.141. The number of rotatable bonds is 36. The fourth-order valence-corrected chi connectivity index (χ4v) is 8.22. The van der Waals surface area contributed by atoms with Crippen LogP contribution in [0.1, 0.15) is 194 Å². The molecule has 0 aliphatic carbocycles. The Kier molecular flexibility index (Phi) is 33.0. The normalized spacial score (nSPS) is 11.3. The lowest BCUT2D eigenvalue weighted by Crippen LogP contribution is -2.08. The van der Waals surface area contributed by atoms with E-state index >= 15 is 0 Å². The number of nitrogens with zero attached hydrogens (tertiary/aromatic N) is 2. The highest BCUT2D eigenvalue weighted by Crippen LogP contribution is 2.29. The summed E-state index contributed by atoms with van der Waals surface area (Å²) >= 11 is 4.09. The Hall–Kier alpha value is -0.800. The van der Waals surface area contributed by atoms with Gasteiger partial charge in [-0.25, -0.2) is 0 Å². The fourth-order valence-electron chi connectivity index (χ4n) is 5.60. The molecule has 0 fully saturated rings. The number of aromatic nitrogens is 2. The SMILES string of the molecule is CCCCCCCCCCCCCCCCOC(=O)CSc1nnc(SCC(=O)OCCCCCCCCCCCCCCCC)s1. The average Bonchev–Trinajstić information content (AvgIpc) is 3.54. The van der Waals surface area contributed by atoms with E-state index in [-0.39, 0.29) is 23.4 Å². The Morgan fingerprint density at radius 2 is 0.702 bits per heavy atom. The van der Waals surface area contributed by atoms with Crippen LogP contribution < -0.4 is 0 Å².